The van der Waals surface area contributed by atoms with Crippen molar-refractivity contribution in [2.24, 2.45) is 0 Å². The molecule has 1 saturated heterocycles. The Morgan fingerprint density at radius 1 is 1.19 bits per heavy atom. The summed E-state index contributed by atoms with van der Waals surface area (Å²) in [7, 11) is 0. The molecule has 1 aliphatic heterocycles. The van der Waals surface area contributed by atoms with E-state index >= 15 is 0 Å². The number of hydrogen-bond donors (Lipinski definition) is 2. The Labute approximate surface area is 160 Å². The van der Waals surface area contributed by atoms with Crippen molar-refractivity contribution in [3.05, 3.63) is 58.6 Å². The molecule has 2 aromatic rings. The van der Waals surface area contributed by atoms with Crippen molar-refractivity contribution in [3.63, 3.8) is 0 Å². The second kappa shape index (κ2) is 8.56. The normalized spacial score (nSPS) is 15.1. The fourth-order valence-electron chi connectivity index (χ4n) is 3.54. The van der Waals surface area contributed by atoms with Crippen LogP contribution in [0.5, 0.6) is 0 Å². The number of carbonyl (C=O) groups excluding carboxylic acids is 1. The van der Waals surface area contributed by atoms with Gasteiger partial charge in [-0.05, 0) is 42.7 Å². The number of hydrogen-bond acceptors (Lipinski definition) is 2. The number of aryl methyl sites for hydroxylation is 2. The predicted molar refractivity (Wildman–Crippen MR) is 108 cm³/mol. The summed E-state index contributed by atoms with van der Waals surface area (Å²) in [5, 5.41) is 3.85. The number of nitrogens with zero attached hydrogens (tertiary/aromatic N) is 1. The smallest absolute Gasteiger partial charge is 0.279 e. The first-order chi connectivity index (χ1) is 12.6. The minimum atomic E-state index is 0.0910. The lowest BCUT2D eigenvalue weighted by Gasteiger charge is -2.34. The maximum Gasteiger partial charge on any atom is 0.279 e. The van der Waals surface area contributed by atoms with Crippen molar-refractivity contribution in [3.8, 4) is 0 Å². The lowest BCUT2D eigenvalue weighted by atomic mass is 10.1. The van der Waals surface area contributed by atoms with Crippen LogP contribution >= 0.6 is 11.6 Å². The van der Waals surface area contributed by atoms with Gasteiger partial charge in [0.1, 0.15) is 0 Å². The largest absolute Gasteiger partial charge is 0.360 e. The minimum absolute atomic E-state index is 0.0910. The highest BCUT2D eigenvalue weighted by atomic mass is 35.5. The van der Waals surface area contributed by atoms with Crippen molar-refractivity contribution < 1.29 is 9.69 Å². The first kappa shape index (κ1) is 18.7. The van der Waals surface area contributed by atoms with Crippen LogP contribution in [0.1, 0.15) is 18.1 Å². The standard InChI is InChI=1S/C21H26ClN3O/c1-3-17-6-4-5-7-19(17)23-21(26)15-24-10-12-25(13-11-24)20-14-18(22)9-8-16(20)2/h4-9,14H,3,10-13,15H2,1-2H3,(H,23,26)/p+1. The zero-order chi connectivity index (χ0) is 18.5. The quantitative estimate of drug-likeness (QED) is 0.846. The van der Waals surface area contributed by atoms with Gasteiger partial charge in [-0.15, -0.1) is 0 Å². The molecular weight excluding hydrogens is 346 g/mol. The van der Waals surface area contributed by atoms with Crippen molar-refractivity contribution in [1.82, 2.24) is 0 Å². The molecular formula is C21H27ClN3O+. The third kappa shape index (κ3) is 4.57. The Bertz CT molecular complexity index is 770. The van der Waals surface area contributed by atoms with Crippen LogP contribution < -0.4 is 15.1 Å². The molecule has 0 bridgehead atoms. The first-order valence-electron chi connectivity index (χ1n) is 9.29. The van der Waals surface area contributed by atoms with Crippen molar-refractivity contribution >= 4 is 28.9 Å². The zero-order valence-electron chi connectivity index (χ0n) is 15.5. The highest BCUT2D eigenvalue weighted by Crippen LogP contribution is 2.24. The molecule has 138 valence electrons. The number of halogens is 1. The average Bonchev–Trinajstić information content (AvgIpc) is 2.65. The molecule has 5 heteroatoms. The van der Waals surface area contributed by atoms with E-state index in [4.69, 9.17) is 11.6 Å². The van der Waals surface area contributed by atoms with E-state index in [2.05, 4.69) is 36.2 Å². The number of rotatable bonds is 5. The molecule has 26 heavy (non-hydrogen) atoms. The van der Waals surface area contributed by atoms with E-state index in [1.807, 2.05) is 30.3 Å². The molecule has 1 aliphatic rings. The van der Waals surface area contributed by atoms with E-state index in [1.165, 1.54) is 21.7 Å². The summed E-state index contributed by atoms with van der Waals surface area (Å²) in [6, 6.07) is 14.1. The summed E-state index contributed by atoms with van der Waals surface area (Å²) in [6.07, 6.45) is 0.918. The van der Waals surface area contributed by atoms with Gasteiger partial charge in [-0.1, -0.05) is 42.8 Å². The summed E-state index contributed by atoms with van der Waals surface area (Å²) in [6.45, 7) is 8.52. The average molecular weight is 373 g/mol. The van der Waals surface area contributed by atoms with Gasteiger partial charge in [-0.2, -0.15) is 0 Å². The molecule has 0 atom stereocenters. The number of nitrogens with one attached hydrogen (secondary N) is 2. The number of benzene rings is 2. The van der Waals surface area contributed by atoms with Gasteiger partial charge in [0, 0.05) is 16.4 Å². The minimum Gasteiger partial charge on any atom is -0.360 e. The second-order valence-electron chi connectivity index (χ2n) is 6.90. The van der Waals surface area contributed by atoms with Crippen molar-refractivity contribution in [2.45, 2.75) is 20.3 Å². The number of amides is 1. The van der Waals surface area contributed by atoms with Crippen LogP contribution in [0.15, 0.2) is 42.5 Å². The molecule has 1 amide bonds. The first-order valence-corrected chi connectivity index (χ1v) is 9.67. The van der Waals surface area contributed by atoms with E-state index in [0.29, 0.717) is 6.54 Å². The number of carbonyl (C=O) groups is 1. The molecule has 2 N–H and O–H groups in total. The molecule has 2 aromatic carbocycles. The lowest BCUT2D eigenvalue weighted by molar-refractivity contribution is -0.892. The second-order valence-corrected chi connectivity index (χ2v) is 7.34. The maximum absolute atomic E-state index is 12.4. The van der Waals surface area contributed by atoms with Gasteiger partial charge in [0.15, 0.2) is 6.54 Å². The third-order valence-electron chi connectivity index (χ3n) is 5.07. The van der Waals surface area contributed by atoms with Crippen LogP contribution in [0.3, 0.4) is 0 Å². The fourth-order valence-corrected chi connectivity index (χ4v) is 3.70. The summed E-state index contributed by atoms with van der Waals surface area (Å²) in [5.74, 6) is 0.0910. The van der Waals surface area contributed by atoms with Gasteiger partial charge < -0.3 is 15.1 Å². The number of piperazine rings is 1. The molecule has 0 unspecified atom stereocenters. The van der Waals surface area contributed by atoms with E-state index in [0.717, 1.165) is 43.3 Å². The molecule has 0 spiro atoms. The number of para-hydroxylation sites is 1. The Morgan fingerprint density at radius 2 is 1.92 bits per heavy atom. The Morgan fingerprint density at radius 3 is 2.65 bits per heavy atom. The highest BCUT2D eigenvalue weighted by molar-refractivity contribution is 6.30. The van der Waals surface area contributed by atoms with E-state index in [-0.39, 0.29) is 5.91 Å². The Kier molecular flexibility index (Phi) is 6.17. The molecule has 0 saturated carbocycles. The molecule has 0 radical (unpaired) electrons. The van der Waals surface area contributed by atoms with E-state index in [9.17, 15) is 4.79 Å². The van der Waals surface area contributed by atoms with Gasteiger partial charge in [0.25, 0.3) is 5.91 Å². The van der Waals surface area contributed by atoms with Crippen LogP contribution in [0.25, 0.3) is 0 Å². The van der Waals surface area contributed by atoms with Gasteiger partial charge >= 0.3 is 0 Å². The van der Waals surface area contributed by atoms with Gasteiger partial charge in [-0.3, -0.25) is 4.79 Å². The monoisotopic (exact) mass is 372 g/mol. The molecule has 0 aliphatic carbocycles. The van der Waals surface area contributed by atoms with Gasteiger partial charge in [-0.25, -0.2) is 0 Å². The number of anilines is 2. The molecule has 0 aromatic heterocycles. The Balaban J connectivity index is 1.54. The highest BCUT2D eigenvalue weighted by Gasteiger charge is 2.23. The molecule has 3 rings (SSSR count). The predicted octanol–water partition coefficient (Wildman–Crippen LogP) is 2.55. The van der Waals surface area contributed by atoms with E-state index < -0.39 is 0 Å². The Hall–Kier alpha value is -2.04. The molecule has 4 nitrogen and oxygen atoms in total. The topological polar surface area (TPSA) is 36.8 Å². The summed E-state index contributed by atoms with van der Waals surface area (Å²) in [5.41, 5.74) is 4.56. The summed E-state index contributed by atoms with van der Waals surface area (Å²) < 4.78 is 0. The van der Waals surface area contributed by atoms with Gasteiger partial charge in [0.2, 0.25) is 0 Å². The fraction of sp³-hybridized carbons (Fsp3) is 0.381. The third-order valence-corrected chi connectivity index (χ3v) is 5.30. The van der Waals surface area contributed by atoms with Crippen LogP contribution in [0, 0.1) is 6.92 Å². The van der Waals surface area contributed by atoms with Crippen LogP contribution in [0.4, 0.5) is 11.4 Å². The van der Waals surface area contributed by atoms with Gasteiger partial charge in [0.05, 0.1) is 26.2 Å². The molecule has 1 fully saturated rings. The molecule has 1 heterocycles. The van der Waals surface area contributed by atoms with Crippen LogP contribution in [-0.4, -0.2) is 38.6 Å². The van der Waals surface area contributed by atoms with E-state index in [1.54, 1.807) is 0 Å². The van der Waals surface area contributed by atoms with Crippen molar-refractivity contribution in [1.29, 1.82) is 0 Å². The SMILES string of the molecule is CCc1ccccc1NC(=O)C[NH+]1CCN(c2cc(Cl)ccc2C)CC1. The van der Waals surface area contributed by atoms with Crippen LogP contribution in [0.2, 0.25) is 5.02 Å². The van der Waals surface area contributed by atoms with Crippen molar-refractivity contribution in [2.75, 3.05) is 42.9 Å². The lowest BCUT2D eigenvalue weighted by Crippen LogP contribution is -3.15. The maximum atomic E-state index is 12.4. The summed E-state index contributed by atoms with van der Waals surface area (Å²) in [4.78, 5) is 16.1. The number of quaternary nitrogens is 1. The zero-order valence-corrected chi connectivity index (χ0v) is 16.3. The van der Waals surface area contributed by atoms with Crippen LogP contribution in [-0.2, 0) is 11.2 Å². The summed E-state index contributed by atoms with van der Waals surface area (Å²) >= 11 is 6.15.